The van der Waals surface area contributed by atoms with Gasteiger partial charge in [-0.15, -0.1) is 0 Å². The molecule has 0 aliphatic heterocycles. The van der Waals surface area contributed by atoms with E-state index in [4.69, 9.17) is 4.98 Å². The topological polar surface area (TPSA) is 41.0 Å². The molecule has 0 spiro atoms. The average Bonchev–Trinajstić information content (AvgIpc) is 3.34. The second-order valence-electron chi connectivity index (χ2n) is 5.78. The summed E-state index contributed by atoms with van der Waals surface area (Å²) < 4.78 is 0. The van der Waals surface area contributed by atoms with Gasteiger partial charge in [0.2, 0.25) is 0 Å². The highest BCUT2D eigenvalue weighted by Crippen LogP contribution is 2.39. The van der Waals surface area contributed by atoms with Crippen LogP contribution in [0.2, 0.25) is 0 Å². The van der Waals surface area contributed by atoms with Crippen molar-refractivity contribution >= 4 is 11.6 Å². The van der Waals surface area contributed by atoms with Crippen LogP contribution in [0.1, 0.15) is 35.7 Å². The number of rotatable bonds is 5. The minimum atomic E-state index is 0.559. The Labute approximate surface area is 126 Å². The lowest BCUT2D eigenvalue weighted by Gasteiger charge is -2.20. The molecule has 1 saturated carbocycles. The van der Waals surface area contributed by atoms with Crippen molar-refractivity contribution in [3.8, 4) is 0 Å². The molecule has 0 amide bonds. The summed E-state index contributed by atoms with van der Waals surface area (Å²) in [4.78, 5) is 11.5. The zero-order valence-corrected chi connectivity index (χ0v) is 12.9. The third-order valence-corrected chi connectivity index (χ3v) is 3.99. The molecule has 3 rings (SSSR count). The highest BCUT2D eigenvalue weighted by Gasteiger charge is 2.27. The zero-order chi connectivity index (χ0) is 14.8. The highest BCUT2D eigenvalue weighted by molar-refractivity contribution is 5.50. The Kier molecular flexibility index (Phi) is 3.78. The van der Waals surface area contributed by atoms with E-state index in [9.17, 15) is 0 Å². The maximum absolute atomic E-state index is 4.74. The quantitative estimate of drug-likeness (QED) is 0.913. The van der Waals surface area contributed by atoms with Crippen LogP contribution in [0.3, 0.4) is 0 Å². The van der Waals surface area contributed by atoms with E-state index in [1.807, 2.05) is 13.1 Å². The van der Waals surface area contributed by atoms with E-state index in [2.05, 4.69) is 53.4 Å². The van der Waals surface area contributed by atoms with Crippen molar-refractivity contribution < 1.29 is 0 Å². The van der Waals surface area contributed by atoms with E-state index in [0.29, 0.717) is 5.92 Å². The van der Waals surface area contributed by atoms with Crippen molar-refractivity contribution in [1.29, 1.82) is 0 Å². The monoisotopic (exact) mass is 282 g/mol. The molecule has 1 aliphatic carbocycles. The van der Waals surface area contributed by atoms with Crippen molar-refractivity contribution in [3.63, 3.8) is 0 Å². The Morgan fingerprint density at radius 1 is 1.24 bits per heavy atom. The summed E-state index contributed by atoms with van der Waals surface area (Å²) in [6, 6.07) is 10.5. The summed E-state index contributed by atoms with van der Waals surface area (Å²) in [5.41, 5.74) is 2.65. The first-order chi connectivity index (χ1) is 10.2. The van der Waals surface area contributed by atoms with Gasteiger partial charge < -0.3 is 10.2 Å². The second kappa shape index (κ2) is 5.72. The molecular weight excluding hydrogens is 260 g/mol. The first-order valence-electron chi connectivity index (χ1n) is 7.49. The summed E-state index contributed by atoms with van der Waals surface area (Å²) in [5.74, 6) is 3.43. The largest absolute Gasteiger partial charge is 0.373 e. The molecular formula is C17H22N4. The van der Waals surface area contributed by atoms with Crippen LogP contribution in [0.4, 0.5) is 11.6 Å². The summed E-state index contributed by atoms with van der Waals surface area (Å²) in [5, 5.41) is 3.14. The van der Waals surface area contributed by atoms with Crippen LogP contribution in [-0.2, 0) is 6.54 Å². The predicted octanol–water partition coefficient (Wildman–Crippen LogP) is 3.34. The Hall–Kier alpha value is -2.10. The minimum Gasteiger partial charge on any atom is -0.373 e. The molecule has 2 aromatic rings. The number of nitrogens with zero attached hydrogens (tertiary/aromatic N) is 3. The smallest absolute Gasteiger partial charge is 0.136 e. The summed E-state index contributed by atoms with van der Waals surface area (Å²) in [6.45, 7) is 3.01. The van der Waals surface area contributed by atoms with Crippen LogP contribution < -0.4 is 10.2 Å². The van der Waals surface area contributed by atoms with Crippen LogP contribution in [0.5, 0.6) is 0 Å². The normalized spacial score (nSPS) is 14.0. The van der Waals surface area contributed by atoms with Gasteiger partial charge in [0.15, 0.2) is 0 Å². The van der Waals surface area contributed by atoms with E-state index in [0.717, 1.165) is 24.0 Å². The number of aromatic nitrogens is 2. The first-order valence-corrected chi connectivity index (χ1v) is 7.49. The van der Waals surface area contributed by atoms with Crippen LogP contribution in [0.25, 0.3) is 0 Å². The zero-order valence-electron chi connectivity index (χ0n) is 12.9. The molecule has 1 aliphatic rings. The van der Waals surface area contributed by atoms with E-state index in [-0.39, 0.29) is 0 Å². The maximum atomic E-state index is 4.74. The van der Waals surface area contributed by atoms with Crippen molar-refractivity contribution in [2.75, 3.05) is 24.3 Å². The lowest BCUT2D eigenvalue weighted by atomic mass is 10.1. The molecule has 1 heterocycles. The van der Waals surface area contributed by atoms with E-state index >= 15 is 0 Å². The van der Waals surface area contributed by atoms with E-state index in [1.54, 1.807) is 0 Å². The third-order valence-electron chi connectivity index (χ3n) is 3.99. The summed E-state index contributed by atoms with van der Waals surface area (Å²) in [6.07, 6.45) is 2.43. The number of aryl methyl sites for hydroxylation is 1. The van der Waals surface area contributed by atoms with Gasteiger partial charge in [0, 0.05) is 32.6 Å². The number of benzene rings is 1. The van der Waals surface area contributed by atoms with Gasteiger partial charge in [-0.25, -0.2) is 9.97 Å². The Balaban J connectivity index is 1.85. The molecule has 0 atom stereocenters. The van der Waals surface area contributed by atoms with Gasteiger partial charge in [-0.1, -0.05) is 24.3 Å². The van der Waals surface area contributed by atoms with Crippen molar-refractivity contribution in [1.82, 2.24) is 9.97 Å². The van der Waals surface area contributed by atoms with E-state index < -0.39 is 0 Å². The molecule has 4 nitrogen and oxygen atoms in total. The third kappa shape index (κ3) is 3.15. The fourth-order valence-electron chi connectivity index (χ4n) is 2.42. The molecule has 1 fully saturated rings. The molecule has 0 saturated heterocycles. The predicted molar refractivity (Wildman–Crippen MR) is 86.8 cm³/mol. The number of hydrogen-bond donors (Lipinski definition) is 1. The Morgan fingerprint density at radius 3 is 2.67 bits per heavy atom. The molecule has 4 heteroatoms. The van der Waals surface area contributed by atoms with Gasteiger partial charge in [-0.3, -0.25) is 0 Å². The maximum Gasteiger partial charge on any atom is 0.136 e. The molecule has 0 radical (unpaired) electrons. The molecule has 0 bridgehead atoms. The summed E-state index contributed by atoms with van der Waals surface area (Å²) >= 11 is 0. The van der Waals surface area contributed by atoms with Crippen molar-refractivity contribution in [2.45, 2.75) is 32.2 Å². The van der Waals surface area contributed by atoms with Crippen LogP contribution >= 0.6 is 0 Å². The van der Waals surface area contributed by atoms with Crippen molar-refractivity contribution in [3.05, 3.63) is 47.3 Å². The number of hydrogen-bond acceptors (Lipinski definition) is 4. The Morgan fingerprint density at radius 2 is 2.00 bits per heavy atom. The molecule has 1 aromatic carbocycles. The molecule has 0 unspecified atom stereocenters. The molecule has 1 aromatic heterocycles. The van der Waals surface area contributed by atoms with E-state index in [1.165, 1.54) is 24.0 Å². The van der Waals surface area contributed by atoms with Gasteiger partial charge in [0.05, 0.1) is 0 Å². The lowest BCUT2D eigenvalue weighted by molar-refractivity contribution is 0.852. The minimum absolute atomic E-state index is 0.559. The second-order valence-corrected chi connectivity index (χ2v) is 5.78. The Bertz CT molecular complexity index is 634. The van der Waals surface area contributed by atoms with Gasteiger partial charge in [0.1, 0.15) is 17.5 Å². The van der Waals surface area contributed by atoms with Crippen molar-refractivity contribution in [2.24, 2.45) is 0 Å². The van der Waals surface area contributed by atoms with Crippen LogP contribution in [0, 0.1) is 6.92 Å². The standard InChI is InChI=1S/C17H22N4/c1-12-6-4-5-7-14(12)11-21(3)16-10-15(18-2)19-17(20-16)13-8-9-13/h4-7,10,13H,8-9,11H2,1-3H3,(H,18,19,20). The SMILES string of the molecule is CNc1cc(N(C)Cc2ccccc2C)nc(C2CC2)n1. The molecule has 1 N–H and O–H groups in total. The number of nitrogens with one attached hydrogen (secondary N) is 1. The summed E-state index contributed by atoms with van der Waals surface area (Å²) in [7, 11) is 4.00. The fraction of sp³-hybridized carbons (Fsp3) is 0.412. The van der Waals surface area contributed by atoms with Gasteiger partial charge >= 0.3 is 0 Å². The van der Waals surface area contributed by atoms with Crippen LogP contribution in [0.15, 0.2) is 30.3 Å². The molecule has 21 heavy (non-hydrogen) atoms. The first kappa shape index (κ1) is 13.9. The van der Waals surface area contributed by atoms with Gasteiger partial charge in [-0.2, -0.15) is 0 Å². The number of anilines is 2. The fourth-order valence-corrected chi connectivity index (χ4v) is 2.42. The lowest BCUT2D eigenvalue weighted by Crippen LogP contribution is -2.19. The molecule has 110 valence electrons. The van der Waals surface area contributed by atoms with Gasteiger partial charge in [-0.05, 0) is 30.9 Å². The van der Waals surface area contributed by atoms with Gasteiger partial charge in [0.25, 0.3) is 0 Å². The average molecular weight is 282 g/mol. The van der Waals surface area contributed by atoms with Crippen LogP contribution in [-0.4, -0.2) is 24.1 Å². The highest BCUT2D eigenvalue weighted by atomic mass is 15.2.